The van der Waals surface area contributed by atoms with Crippen molar-refractivity contribution < 1.29 is 14.8 Å². The summed E-state index contributed by atoms with van der Waals surface area (Å²) in [7, 11) is 0. The first kappa shape index (κ1) is 10.5. The number of carbonyl (C=O) groups excluding carboxylic acids is 1. The summed E-state index contributed by atoms with van der Waals surface area (Å²) < 4.78 is 0. The summed E-state index contributed by atoms with van der Waals surface area (Å²) >= 11 is 5.57. The molecule has 0 aliphatic heterocycles. The van der Waals surface area contributed by atoms with Gasteiger partial charge in [-0.25, -0.2) is 0 Å². The van der Waals surface area contributed by atoms with Crippen LogP contribution in [-0.2, 0) is 0 Å². The molecule has 1 aromatic rings. The number of ketones is 1. The molecule has 0 aromatic heterocycles. The van der Waals surface area contributed by atoms with Gasteiger partial charge in [-0.05, 0) is 6.92 Å². The molecule has 1 aromatic carbocycles. The highest BCUT2D eigenvalue weighted by Gasteiger charge is 2.17. The Hall–Kier alpha value is -1.62. The zero-order chi connectivity index (χ0) is 10.9. The van der Waals surface area contributed by atoms with Gasteiger partial charge in [-0.2, -0.15) is 0 Å². The largest absolute Gasteiger partial charge is 0.506 e. The Bertz CT molecular complexity index is 416. The molecule has 0 radical (unpaired) electrons. The lowest BCUT2D eigenvalue weighted by Gasteiger charge is -2.01. The maximum absolute atomic E-state index is 11.0. The molecular formula is C8H6ClNO4. The fraction of sp³-hybridized carbons (Fsp3) is 0.125. The number of hydrogen-bond acceptors (Lipinski definition) is 4. The molecule has 5 nitrogen and oxygen atoms in total. The van der Waals surface area contributed by atoms with Gasteiger partial charge in [0, 0.05) is 11.6 Å². The molecule has 1 rings (SSSR count). The third-order valence-electron chi connectivity index (χ3n) is 1.63. The van der Waals surface area contributed by atoms with Crippen LogP contribution >= 0.6 is 11.6 Å². The van der Waals surface area contributed by atoms with Gasteiger partial charge >= 0.3 is 0 Å². The zero-order valence-corrected chi connectivity index (χ0v) is 7.91. The first-order chi connectivity index (χ1) is 6.43. The van der Waals surface area contributed by atoms with Crippen LogP contribution in [0.1, 0.15) is 17.3 Å². The number of rotatable bonds is 2. The predicted molar refractivity (Wildman–Crippen MR) is 49.8 cm³/mol. The normalized spacial score (nSPS) is 9.86. The van der Waals surface area contributed by atoms with Crippen LogP contribution in [0.25, 0.3) is 0 Å². The van der Waals surface area contributed by atoms with Crippen molar-refractivity contribution in [1.29, 1.82) is 0 Å². The molecule has 0 spiro atoms. The van der Waals surface area contributed by atoms with Gasteiger partial charge in [-0.1, -0.05) is 11.6 Å². The van der Waals surface area contributed by atoms with Crippen molar-refractivity contribution in [2.24, 2.45) is 0 Å². The van der Waals surface area contributed by atoms with Gasteiger partial charge in [-0.3, -0.25) is 14.9 Å². The van der Waals surface area contributed by atoms with Gasteiger partial charge in [0.25, 0.3) is 5.69 Å². The number of nitro benzene ring substituents is 1. The Morgan fingerprint density at radius 3 is 2.57 bits per heavy atom. The van der Waals surface area contributed by atoms with Crippen LogP contribution in [0, 0.1) is 10.1 Å². The maximum atomic E-state index is 11.0. The summed E-state index contributed by atoms with van der Waals surface area (Å²) in [5.74, 6) is -0.903. The van der Waals surface area contributed by atoms with E-state index >= 15 is 0 Å². The van der Waals surface area contributed by atoms with Crippen molar-refractivity contribution in [2.75, 3.05) is 0 Å². The van der Waals surface area contributed by atoms with Gasteiger partial charge in [0.15, 0.2) is 5.78 Å². The molecule has 14 heavy (non-hydrogen) atoms. The number of nitrogens with zero attached hydrogens (tertiary/aromatic N) is 1. The molecule has 6 heteroatoms. The summed E-state index contributed by atoms with van der Waals surface area (Å²) in [5, 5.41) is 19.4. The lowest BCUT2D eigenvalue weighted by molar-refractivity contribution is -0.385. The average Bonchev–Trinajstić information content (AvgIpc) is 2.08. The second kappa shape index (κ2) is 3.63. The Balaban J connectivity index is 3.43. The van der Waals surface area contributed by atoms with Crippen molar-refractivity contribution >= 4 is 23.1 Å². The third-order valence-corrected chi connectivity index (χ3v) is 2.03. The van der Waals surface area contributed by atoms with E-state index in [9.17, 15) is 20.0 Å². The first-order valence-corrected chi connectivity index (χ1v) is 3.99. The van der Waals surface area contributed by atoms with E-state index in [-0.39, 0.29) is 16.3 Å². The van der Waals surface area contributed by atoms with Crippen LogP contribution in [0.4, 0.5) is 5.69 Å². The molecule has 0 heterocycles. The number of aromatic hydroxyl groups is 1. The van der Waals surface area contributed by atoms with Crippen LogP contribution < -0.4 is 0 Å². The van der Waals surface area contributed by atoms with Crippen molar-refractivity contribution in [2.45, 2.75) is 6.92 Å². The molecule has 1 N–H and O–H groups in total. The van der Waals surface area contributed by atoms with Crippen LogP contribution in [-0.4, -0.2) is 15.8 Å². The molecule has 0 atom stereocenters. The number of Topliss-reactive ketones (excluding diaryl/α,β-unsaturated/α-hetero) is 1. The number of non-ortho nitro benzene ring substituents is 1. The van der Waals surface area contributed by atoms with Crippen molar-refractivity contribution in [1.82, 2.24) is 0 Å². The maximum Gasteiger partial charge on any atom is 0.273 e. The molecular weight excluding hydrogens is 210 g/mol. The van der Waals surface area contributed by atoms with E-state index in [1.54, 1.807) is 0 Å². The Morgan fingerprint density at radius 1 is 1.57 bits per heavy atom. The van der Waals surface area contributed by atoms with Gasteiger partial charge < -0.3 is 5.11 Å². The van der Waals surface area contributed by atoms with Gasteiger partial charge in [0.2, 0.25) is 0 Å². The first-order valence-electron chi connectivity index (χ1n) is 3.61. The number of hydrogen-bond donors (Lipinski definition) is 1. The van der Waals surface area contributed by atoms with E-state index < -0.39 is 16.5 Å². The Labute approximate surface area is 84.1 Å². The second-order valence-corrected chi connectivity index (χ2v) is 3.02. The number of benzene rings is 1. The number of halogens is 1. The topological polar surface area (TPSA) is 80.4 Å². The second-order valence-electron chi connectivity index (χ2n) is 2.64. The highest BCUT2D eigenvalue weighted by atomic mass is 35.5. The molecule has 0 fully saturated rings. The van der Waals surface area contributed by atoms with E-state index in [1.165, 1.54) is 6.92 Å². The SMILES string of the molecule is CC(=O)c1cc([N+](=O)[O-])cc(O)c1Cl. The molecule has 0 aliphatic rings. The monoisotopic (exact) mass is 215 g/mol. The van der Waals surface area contributed by atoms with E-state index in [0.717, 1.165) is 12.1 Å². The smallest absolute Gasteiger partial charge is 0.273 e. The van der Waals surface area contributed by atoms with Gasteiger partial charge in [0.1, 0.15) is 5.75 Å². The fourth-order valence-electron chi connectivity index (χ4n) is 0.956. The highest BCUT2D eigenvalue weighted by Crippen LogP contribution is 2.32. The quantitative estimate of drug-likeness (QED) is 0.466. The average molecular weight is 216 g/mol. The zero-order valence-electron chi connectivity index (χ0n) is 7.15. The minimum absolute atomic E-state index is 0.0571. The van der Waals surface area contributed by atoms with Crippen LogP contribution in [0.2, 0.25) is 5.02 Å². The van der Waals surface area contributed by atoms with Crippen LogP contribution in [0.5, 0.6) is 5.75 Å². The molecule has 0 saturated carbocycles. The van der Waals surface area contributed by atoms with Crippen LogP contribution in [0.15, 0.2) is 12.1 Å². The Morgan fingerprint density at radius 2 is 2.14 bits per heavy atom. The van der Waals surface area contributed by atoms with E-state index in [0.29, 0.717) is 0 Å². The molecule has 74 valence electrons. The van der Waals surface area contributed by atoms with Gasteiger partial charge in [-0.15, -0.1) is 0 Å². The number of carbonyl (C=O) groups is 1. The lowest BCUT2D eigenvalue weighted by atomic mass is 10.1. The lowest BCUT2D eigenvalue weighted by Crippen LogP contribution is -1.96. The fourth-order valence-corrected chi connectivity index (χ4v) is 1.20. The number of phenolic OH excluding ortho intramolecular Hbond substituents is 1. The summed E-state index contributed by atoms with van der Waals surface area (Å²) in [5.41, 5.74) is -0.421. The number of nitro groups is 1. The van der Waals surface area contributed by atoms with E-state index in [1.807, 2.05) is 0 Å². The third kappa shape index (κ3) is 1.82. The van der Waals surface area contributed by atoms with Gasteiger partial charge in [0.05, 0.1) is 16.0 Å². The van der Waals surface area contributed by atoms with Crippen LogP contribution in [0.3, 0.4) is 0 Å². The standard InChI is InChI=1S/C8H6ClNO4/c1-4(11)6-2-5(10(13)14)3-7(12)8(6)9/h2-3,12H,1H3. The summed E-state index contributed by atoms with van der Waals surface area (Å²) in [6, 6.07) is 1.93. The Kier molecular flexibility index (Phi) is 2.71. The number of phenols is 1. The highest BCUT2D eigenvalue weighted by molar-refractivity contribution is 6.35. The predicted octanol–water partition coefficient (Wildman–Crippen LogP) is 2.16. The molecule has 0 saturated heterocycles. The van der Waals surface area contributed by atoms with Crippen molar-refractivity contribution in [3.8, 4) is 5.75 Å². The molecule has 0 aliphatic carbocycles. The van der Waals surface area contributed by atoms with Crippen molar-refractivity contribution in [3.63, 3.8) is 0 Å². The molecule has 0 bridgehead atoms. The van der Waals surface area contributed by atoms with E-state index in [4.69, 9.17) is 11.6 Å². The summed E-state index contributed by atoms with van der Waals surface area (Å²) in [4.78, 5) is 20.6. The summed E-state index contributed by atoms with van der Waals surface area (Å²) in [6.07, 6.45) is 0. The minimum atomic E-state index is -0.706. The summed E-state index contributed by atoms with van der Waals surface area (Å²) in [6.45, 7) is 1.21. The minimum Gasteiger partial charge on any atom is -0.506 e. The molecule has 0 amide bonds. The van der Waals surface area contributed by atoms with Crippen molar-refractivity contribution in [3.05, 3.63) is 32.8 Å². The van der Waals surface area contributed by atoms with E-state index in [2.05, 4.69) is 0 Å². The molecule has 0 unspecified atom stereocenters.